The minimum atomic E-state index is -1.92. The van der Waals surface area contributed by atoms with Crippen LogP contribution in [0, 0.1) is 0 Å². The van der Waals surface area contributed by atoms with Crippen molar-refractivity contribution in [1.29, 1.82) is 0 Å². The lowest BCUT2D eigenvalue weighted by Gasteiger charge is -2.40. The maximum Gasteiger partial charge on any atom is 0.335 e. The molecule has 484 valence electrons. The molecule has 0 saturated carbocycles. The number of rotatable bonds is 57. The van der Waals surface area contributed by atoms with Crippen molar-refractivity contribution in [3.05, 3.63) is 109 Å². The maximum atomic E-state index is 13.2. The Kier molecular flexibility index (Phi) is 55.1. The highest BCUT2D eigenvalue weighted by Gasteiger charge is 2.50. The van der Waals surface area contributed by atoms with Gasteiger partial charge in [0, 0.05) is 19.3 Å². The summed E-state index contributed by atoms with van der Waals surface area (Å²) in [4.78, 5) is 51.4. The summed E-state index contributed by atoms with van der Waals surface area (Å²) in [6.45, 7) is 5.84. The summed E-state index contributed by atoms with van der Waals surface area (Å²) in [5.41, 5.74) is 0. The van der Waals surface area contributed by atoms with Crippen molar-refractivity contribution in [2.24, 2.45) is 0 Å². The molecule has 6 unspecified atom stereocenters. The summed E-state index contributed by atoms with van der Waals surface area (Å²) in [6, 6.07) is 0. The second-order valence-corrected chi connectivity index (χ2v) is 22.7. The van der Waals surface area contributed by atoms with Gasteiger partial charge < -0.3 is 39.0 Å². The van der Waals surface area contributed by atoms with Gasteiger partial charge in [-0.15, -0.1) is 0 Å². The number of carbonyl (C=O) groups excluding carboxylic acids is 3. The average molecular weight is 1190 g/mol. The summed E-state index contributed by atoms with van der Waals surface area (Å²) >= 11 is 0. The van der Waals surface area contributed by atoms with Gasteiger partial charge in [-0.25, -0.2) is 4.79 Å². The monoisotopic (exact) mass is 1190 g/mol. The summed E-state index contributed by atoms with van der Waals surface area (Å²) in [5.74, 6) is -3.18. The van der Waals surface area contributed by atoms with E-state index in [0.29, 0.717) is 19.3 Å². The fraction of sp³-hybridized carbons (Fsp3) is 0.699. The molecule has 0 aliphatic carbocycles. The topological polar surface area (TPSA) is 175 Å². The van der Waals surface area contributed by atoms with Crippen LogP contribution in [0.2, 0.25) is 0 Å². The quantitative estimate of drug-likeness (QED) is 0.0228. The Morgan fingerprint density at radius 3 is 1.18 bits per heavy atom. The van der Waals surface area contributed by atoms with Gasteiger partial charge in [-0.3, -0.25) is 14.4 Å². The van der Waals surface area contributed by atoms with Gasteiger partial charge in [0.1, 0.15) is 18.8 Å². The van der Waals surface area contributed by atoms with Gasteiger partial charge in [0.15, 0.2) is 24.6 Å². The smallest absolute Gasteiger partial charge is 0.335 e. The molecule has 0 spiro atoms. The zero-order valence-corrected chi connectivity index (χ0v) is 53.6. The van der Waals surface area contributed by atoms with E-state index in [4.69, 9.17) is 23.7 Å². The van der Waals surface area contributed by atoms with Crippen LogP contribution >= 0.6 is 0 Å². The van der Waals surface area contributed by atoms with Gasteiger partial charge in [0.2, 0.25) is 0 Å². The van der Waals surface area contributed by atoms with E-state index in [1.807, 2.05) is 0 Å². The van der Waals surface area contributed by atoms with Crippen LogP contribution in [-0.2, 0) is 42.9 Å². The normalized spacial score (nSPS) is 18.2. The summed E-state index contributed by atoms with van der Waals surface area (Å²) in [5, 5.41) is 31.6. The van der Waals surface area contributed by atoms with E-state index in [9.17, 15) is 34.5 Å². The SMILES string of the molecule is CC/C=C\C/C=C\C/C=C\C/C=C\C/C=C\CCCCCC(=O)OCC(COC1OC(C(=O)O)C(O)C(O)C1OC(=O)CCCCCCCC/C=C\C/C=C\C/C=C\CCCCC)OC(=O)CCCCCCCCC/C=C\CCCCCCCC. The highest BCUT2D eigenvalue weighted by atomic mass is 16.7. The number of carboxylic acid groups (broad SMARTS) is 1. The van der Waals surface area contributed by atoms with Crippen LogP contribution in [0.15, 0.2) is 109 Å². The lowest BCUT2D eigenvalue weighted by Crippen LogP contribution is -2.61. The van der Waals surface area contributed by atoms with E-state index in [0.717, 1.165) is 141 Å². The van der Waals surface area contributed by atoms with E-state index in [1.165, 1.54) is 77.0 Å². The van der Waals surface area contributed by atoms with E-state index in [1.54, 1.807) is 0 Å². The average Bonchev–Trinajstić information content (AvgIpc) is 3.51. The molecule has 0 bridgehead atoms. The number of aliphatic hydroxyl groups excluding tert-OH is 2. The van der Waals surface area contributed by atoms with Crippen molar-refractivity contribution >= 4 is 23.9 Å². The van der Waals surface area contributed by atoms with Crippen LogP contribution < -0.4 is 0 Å². The third kappa shape index (κ3) is 49.1. The van der Waals surface area contributed by atoms with Gasteiger partial charge >= 0.3 is 23.9 Å². The van der Waals surface area contributed by atoms with Crippen molar-refractivity contribution in [3.63, 3.8) is 0 Å². The fourth-order valence-corrected chi connectivity index (χ4v) is 9.63. The van der Waals surface area contributed by atoms with Crippen molar-refractivity contribution in [3.8, 4) is 0 Å². The zero-order chi connectivity index (χ0) is 61.7. The Labute approximate surface area is 516 Å². The first-order valence-corrected chi connectivity index (χ1v) is 33.9. The second kappa shape index (κ2) is 59.7. The maximum absolute atomic E-state index is 13.2. The third-order valence-corrected chi connectivity index (χ3v) is 14.8. The first-order valence-electron chi connectivity index (χ1n) is 33.9. The molecule has 0 amide bonds. The number of esters is 3. The van der Waals surface area contributed by atoms with Gasteiger partial charge in [0.05, 0.1) is 6.61 Å². The Hall–Kier alpha value is -4.62. The molecule has 0 aromatic heterocycles. The van der Waals surface area contributed by atoms with Gasteiger partial charge in [-0.05, 0) is 128 Å². The summed E-state index contributed by atoms with van der Waals surface area (Å²) < 4.78 is 28.5. The Bertz CT molecular complexity index is 1890. The Morgan fingerprint density at radius 2 is 0.741 bits per heavy atom. The Balaban J connectivity index is 2.69. The lowest BCUT2D eigenvalue weighted by atomic mass is 9.98. The molecule has 1 saturated heterocycles. The van der Waals surface area contributed by atoms with Crippen LogP contribution in [0.1, 0.15) is 278 Å². The van der Waals surface area contributed by atoms with E-state index < -0.39 is 67.3 Å². The number of unbranched alkanes of at least 4 members (excludes halogenated alkanes) is 25. The number of carbonyl (C=O) groups is 4. The molecule has 12 heteroatoms. The van der Waals surface area contributed by atoms with Crippen molar-refractivity contribution < 1.29 is 58.2 Å². The summed E-state index contributed by atoms with van der Waals surface area (Å²) in [7, 11) is 0. The van der Waals surface area contributed by atoms with Crippen molar-refractivity contribution in [2.45, 2.75) is 314 Å². The van der Waals surface area contributed by atoms with E-state index in [2.05, 4.69) is 130 Å². The van der Waals surface area contributed by atoms with Gasteiger partial charge in [-0.1, -0.05) is 239 Å². The number of hydrogen-bond donors (Lipinski definition) is 3. The summed E-state index contributed by atoms with van der Waals surface area (Å²) in [6.07, 6.45) is 68.9. The minimum Gasteiger partial charge on any atom is -0.479 e. The fourth-order valence-electron chi connectivity index (χ4n) is 9.63. The number of ether oxygens (including phenoxy) is 5. The Morgan fingerprint density at radius 1 is 0.400 bits per heavy atom. The number of allylic oxidation sites excluding steroid dienone is 18. The first-order chi connectivity index (χ1) is 41.6. The molecule has 6 atom stereocenters. The molecule has 1 aliphatic heterocycles. The molecule has 1 rings (SSSR count). The molecule has 3 N–H and O–H groups in total. The number of carboxylic acids is 1. The molecule has 12 nitrogen and oxygen atoms in total. The minimum absolute atomic E-state index is 0.0376. The molecule has 1 heterocycles. The van der Waals surface area contributed by atoms with Gasteiger partial charge in [0.25, 0.3) is 0 Å². The third-order valence-electron chi connectivity index (χ3n) is 14.8. The second-order valence-electron chi connectivity index (χ2n) is 22.7. The van der Waals surface area contributed by atoms with Crippen LogP contribution in [0.4, 0.5) is 0 Å². The molecule has 1 aliphatic rings. The van der Waals surface area contributed by atoms with E-state index in [-0.39, 0.29) is 25.9 Å². The van der Waals surface area contributed by atoms with E-state index >= 15 is 0 Å². The number of aliphatic carboxylic acids is 1. The lowest BCUT2D eigenvalue weighted by molar-refractivity contribution is -0.301. The zero-order valence-electron chi connectivity index (χ0n) is 53.6. The molecular weight excluding hydrogens is 1070 g/mol. The predicted molar refractivity (Wildman–Crippen MR) is 349 cm³/mol. The highest BCUT2D eigenvalue weighted by Crippen LogP contribution is 2.27. The van der Waals surface area contributed by atoms with Crippen molar-refractivity contribution in [2.75, 3.05) is 13.2 Å². The molecule has 1 fully saturated rings. The van der Waals surface area contributed by atoms with Crippen molar-refractivity contribution in [1.82, 2.24) is 0 Å². The molecular formula is C73H120O12. The highest BCUT2D eigenvalue weighted by molar-refractivity contribution is 5.74. The molecule has 0 aromatic carbocycles. The van der Waals surface area contributed by atoms with Crippen LogP contribution in [0.5, 0.6) is 0 Å². The first kappa shape index (κ1) is 78.4. The van der Waals surface area contributed by atoms with Crippen LogP contribution in [-0.4, -0.2) is 89.2 Å². The molecule has 0 radical (unpaired) electrons. The number of hydrogen-bond acceptors (Lipinski definition) is 11. The predicted octanol–water partition coefficient (Wildman–Crippen LogP) is 18.6. The standard InChI is InChI=1S/C73H120O12/c1-4-7-10-13-16-19-22-25-28-31-33-36-38-41-44-47-50-53-56-59-65(74)81-62-64(83-66(75)60-57-54-51-48-45-42-39-35-30-27-24-21-18-15-12-9-6-3)63-82-73-71(69(78)68(77)70(85-73)72(79)80)84-67(76)61-58-55-52-49-46-43-40-37-34-32-29-26-23-20-17-14-11-8-5-2/h7,10,16-17,19-20,25-30,33-34,36-37,41,44,64,68-71,73,77-78H,4-6,8-9,11-15,18,21-24,31-32,35,38-40,42-43,45-63H2,1-3H3,(H,79,80)/b10-7-,19-16-,20-17-,28-25-,29-26-,30-27-,36-33-,37-34-,44-41-. The number of aliphatic hydroxyl groups is 2. The largest absolute Gasteiger partial charge is 0.479 e. The molecule has 85 heavy (non-hydrogen) atoms. The van der Waals surface area contributed by atoms with Crippen LogP contribution in [0.25, 0.3) is 0 Å². The molecule has 0 aromatic rings. The van der Waals surface area contributed by atoms with Gasteiger partial charge in [-0.2, -0.15) is 0 Å². The van der Waals surface area contributed by atoms with Crippen LogP contribution in [0.3, 0.4) is 0 Å².